The number of rotatable bonds is 4. The number of likely N-dealkylation sites (tertiary alicyclic amines) is 1. The van der Waals surface area contributed by atoms with Gasteiger partial charge in [-0.05, 0) is 18.2 Å². The van der Waals surface area contributed by atoms with Gasteiger partial charge in [-0.15, -0.1) is 0 Å². The van der Waals surface area contributed by atoms with Crippen molar-refractivity contribution in [2.75, 3.05) is 25.7 Å². The molecule has 0 spiro atoms. The first-order chi connectivity index (χ1) is 12.6. The molecule has 1 aromatic carbocycles. The molecule has 1 N–H and O–H groups in total. The molecular formula is C18H17N3O5. The zero-order chi connectivity index (χ0) is 18.1. The molecule has 8 nitrogen and oxygen atoms in total. The number of nitrogens with one attached hydrogen (secondary N) is 1. The number of hydrogen-bond donors (Lipinski definition) is 1. The van der Waals surface area contributed by atoms with Crippen molar-refractivity contribution in [1.82, 2.24) is 9.88 Å². The first-order valence-electron chi connectivity index (χ1n) is 8.17. The van der Waals surface area contributed by atoms with Crippen LogP contribution in [0.15, 0.2) is 36.5 Å². The lowest BCUT2D eigenvalue weighted by molar-refractivity contribution is -0.127. The summed E-state index contributed by atoms with van der Waals surface area (Å²) in [7, 11) is 1.69. The van der Waals surface area contributed by atoms with Crippen LogP contribution in [0, 0.1) is 5.92 Å². The molecule has 2 amide bonds. The molecule has 0 aliphatic carbocycles. The largest absolute Gasteiger partial charge is 0.454 e. The molecule has 134 valence electrons. The fourth-order valence-corrected chi connectivity index (χ4v) is 2.86. The van der Waals surface area contributed by atoms with E-state index in [4.69, 9.17) is 14.2 Å². The van der Waals surface area contributed by atoms with Crippen LogP contribution in [0.5, 0.6) is 23.1 Å². The van der Waals surface area contributed by atoms with Crippen LogP contribution in [-0.2, 0) is 9.59 Å². The number of anilines is 1. The van der Waals surface area contributed by atoms with Crippen molar-refractivity contribution in [3.8, 4) is 23.1 Å². The molecule has 0 bridgehead atoms. The molecule has 1 saturated heterocycles. The van der Waals surface area contributed by atoms with E-state index in [1.807, 2.05) is 0 Å². The van der Waals surface area contributed by atoms with Gasteiger partial charge in [-0.1, -0.05) is 0 Å². The van der Waals surface area contributed by atoms with Gasteiger partial charge in [-0.3, -0.25) is 9.59 Å². The Balaban J connectivity index is 1.38. The van der Waals surface area contributed by atoms with Gasteiger partial charge >= 0.3 is 0 Å². The van der Waals surface area contributed by atoms with Crippen LogP contribution in [0.3, 0.4) is 0 Å². The smallest absolute Gasteiger partial charge is 0.231 e. The lowest BCUT2D eigenvalue weighted by atomic mass is 10.1. The molecule has 0 radical (unpaired) electrons. The van der Waals surface area contributed by atoms with Gasteiger partial charge < -0.3 is 24.4 Å². The molecule has 2 aromatic rings. The number of fused-ring (bicyclic) bond motifs is 1. The summed E-state index contributed by atoms with van der Waals surface area (Å²) in [6.45, 7) is 0.636. The van der Waals surface area contributed by atoms with E-state index in [0.29, 0.717) is 35.4 Å². The fourth-order valence-electron chi connectivity index (χ4n) is 2.86. The maximum Gasteiger partial charge on any atom is 0.231 e. The maximum absolute atomic E-state index is 12.2. The van der Waals surface area contributed by atoms with Crippen molar-refractivity contribution in [2.45, 2.75) is 6.42 Å². The summed E-state index contributed by atoms with van der Waals surface area (Å²) >= 11 is 0. The molecule has 4 rings (SSSR count). The minimum atomic E-state index is -0.336. The number of benzene rings is 1. The second kappa shape index (κ2) is 6.55. The van der Waals surface area contributed by atoms with Gasteiger partial charge in [0.1, 0.15) is 5.75 Å². The standard InChI is InChI=1S/C18H17N3O5/c1-21-9-11(6-17(21)22)18(23)20-12-2-5-16(19-8-12)26-13-3-4-14-15(7-13)25-10-24-14/h2-5,7-8,11H,6,9-10H2,1H3,(H,20,23). The highest BCUT2D eigenvalue weighted by atomic mass is 16.7. The zero-order valence-electron chi connectivity index (χ0n) is 14.1. The van der Waals surface area contributed by atoms with Crippen molar-refractivity contribution in [2.24, 2.45) is 5.92 Å². The molecule has 0 saturated carbocycles. The topological polar surface area (TPSA) is 90.0 Å². The van der Waals surface area contributed by atoms with E-state index in [1.165, 1.54) is 6.20 Å². The number of aromatic nitrogens is 1. The van der Waals surface area contributed by atoms with Gasteiger partial charge in [0.25, 0.3) is 0 Å². The summed E-state index contributed by atoms with van der Waals surface area (Å²) < 4.78 is 16.2. The Labute approximate surface area is 149 Å². The molecule has 1 unspecified atom stereocenters. The highest BCUT2D eigenvalue weighted by molar-refractivity contribution is 5.97. The predicted octanol–water partition coefficient (Wildman–Crippen LogP) is 2.02. The number of ether oxygens (including phenoxy) is 3. The van der Waals surface area contributed by atoms with Gasteiger partial charge in [0.05, 0.1) is 17.8 Å². The normalized spacial score (nSPS) is 18.1. The lowest BCUT2D eigenvalue weighted by Gasteiger charge is -2.11. The van der Waals surface area contributed by atoms with E-state index in [2.05, 4.69) is 10.3 Å². The second-order valence-electron chi connectivity index (χ2n) is 6.17. The van der Waals surface area contributed by atoms with E-state index < -0.39 is 0 Å². The second-order valence-corrected chi connectivity index (χ2v) is 6.17. The Morgan fingerprint density at radius 3 is 2.85 bits per heavy atom. The molecule has 3 heterocycles. The van der Waals surface area contributed by atoms with E-state index in [0.717, 1.165) is 0 Å². The fraction of sp³-hybridized carbons (Fsp3) is 0.278. The van der Waals surface area contributed by atoms with Gasteiger partial charge in [0, 0.05) is 32.1 Å². The molecule has 2 aliphatic heterocycles. The summed E-state index contributed by atoms with van der Waals surface area (Å²) in [6.07, 6.45) is 1.75. The van der Waals surface area contributed by atoms with E-state index in [9.17, 15) is 9.59 Å². The van der Waals surface area contributed by atoms with Crippen molar-refractivity contribution in [3.05, 3.63) is 36.5 Å². The summed E-state index contributed by atoms with van der Waals surface area (Å²) in [5.74, 6) is 1.73. The molecule has 26 heavy (non-hydrogen) atoms. The van der Waals surface area contributed by atoms with Crippen LogP contribution in [0.25, 0.3) is 0 Å². The average molecular weight is 355 g/mol. The third-order valence-electron chi connectivity index (χ3n) is 4.28. The Hall–Kier alpha value is -3.29. The van der Waals surface area contributed by atoms with Crippen LogP contribution < -0.4 is 19.5 Å². The highest BCUT2D eigenvalue weighted by Crippen LogP contribution is 2.36. The van der Waals surface area contributed by atoms with Gasteiger partial charge in [0.15, 0.2) is 11.5 Å². The lowest BCUT2D eigenvalue weighted by Crippen LogP contribution is -2.25. The van der Waals surface area contributed by atoms with Crippen LogP contribution in [0.4, 0.5) is 5.69 Å². The van der Waals surface area contributed by atoms with Gasteiger partial charge in [-0.2, -0.15) is 0 Å². The van der Waals surface area contributed by atoms with Crippen molar-refractivity contribution in [1.29, 1.82) is 0 Å². The summed E-state index contributed by atoms with van der Waals surface area (Å²) in [5.41, 5.74) is 0.551. The first-order valence-corrected chi connectivity index (χ1v) is 8.17. The Morgan fingerprint density at radius 1 is 1.27 bits per heavy atom. The molecule has 1 aromatic heterocycles. The maximum atomic E-state index is 12.2. The van der Waals surface area contributed by atoms with E-state index >= 15 is 0 Å². The van der Waals surface area contributed by atoms with Crippen LogP contribution >= 0.6 is 0 Å². The SMILES string of the molecule is CN1CC(C(=O)Nc2ccc(Oc3ccc4c(c3)OCO4)nc2)CC1=O. The number of hydrogen-bond acceptors (Lipinski definition) is 6. The first kappa shape index (κ1) is 16.2. The molecule has 1 atom stereocenters. The Morgan fingerprint density at radius 2 is 2.12 bits per heavy atom. The third kappa shape index (κ3) is 3.26. The zero-order valence-corrected chi connectivity index (χ0v) is 14.1. The highest BCUT2D eigenvalue weighted by Gasteiger charge is 2.32. The Bertz CT molecular complexity index is 852. The van der Waals surface area contributed by atoms with Crippen molar-refractivity contribution >= 4 is 17.5 Å². The van der Waals surface area contributed by atoms with Crippen LogP contribution in [0.2, 0.25) is 0 Å². The number of amides is 2. The van der Waals surface area contributed by atoms with Gasteiger partial charge in [-0.25, -0.2) is 4.98 Å². The summed E-state index contributed by atoms with van der Waals surface area (Å²) in [4.78, 5) is 29.5. The van der Waals surface area contributed by atoms with E-state index in [-0.39, 0.29) is 30.9 Å². The molecule has 1 fully saturated rings. The third-order valence-corrected chi connectivity index (χ3v) is 4.28. The minimum Gasteiger partial charge on any atom is -0.454 e. The predicted molar refractivity (Wildman–Crippen MR) is 91.2 cm³/mol. The number of pyridine rings is 1. The minimum absolute atomic E-state index is 0.0178. The monoisotopic (exact) mass is 355 g/mol. The van der Waals surface area contributed by atoms with Crippen molar-refractivity contribution < 1.29 is 23.8 Å². The van der Waals surface area contributed by atoms with Crippen LogP contribution in [-0.4, -0.2) is 42.1 Å². The van der Waals surface area contributed by atoms with Crippen molar-refractivity contribution in [3.63, 3.8) is 0 Å². The molecular weight excluding hydrogens is 338 g/mol. The average Bonchev–Trinajstić information content (AvgIpc) is 3.23. The number of carbonyl (C=O) groups is 2. The molecule has 8 heteroatoms. The number of carbonyl (C=O) groups excluding carboxylic acids is 2. The summed E-state index contributed by atoms with van der Waals surface area (Å²) in [6, 6.07) is 8.62. The Kier molecular flexibility index (Phi) is 4.08. The van der Waals surface area contributed by atoms with Crippen LogP contribution in [0.1, 0.15) is 6.42 Å². The molecule has 2 aliphatic rings. The van der Waals surface area contributed by atoms with Gasteiger partial charge in [0.2, 0.25) is 24.5 Å². The number of nitrogens with zero attached hydrogens (tertiary/aromatic N) is 2. The van der Waals surface area contributed by atoms with E-state index in [1.54, 1.807) is 42.3 Å². The quantitative estimate of drug-likeness (QED) is 0.902. The summed E-state index contributed by atoms with van der Waals surface area (Å²) in [5, 5.41) is 2.78.